The van der Waals surface area contributed by atoms with Crippen molar-refractivity contribution in [2.24, 2.45) is 0 Å². The van der Waals surface area contributed by atoms with E-state index < -0.39 is 23.3 Å². The fourth-order valence-corrected chi connectivity index (χ4v) is 5.11. The summed E-state index contributed by atoms with van der Waals surface area (Å²) >= 11 is 1.39. The molecule has 1 atom stereocenters. The van der Waals surface area contributed by atoms with Gasteiger partial charge in [0, 0.05) is 18.7 Å². The number of nitrogens with zero attached hydrogens (tertiary/aromatic N) is 2. The van der Waals surface area contributed by atoms with Crippen LogP contribution in [0.2, 0.25) is 0 Å². The second kappa shape index (κ2) is 11.8. The van der Waals surface area contributed by atoms with Crippen LogP contribution < -0.4 is 9.80 Å². The van der Waals surface area contributed by atoms with E-state index in [1.165, 1.54) is 35.9 Å². The van der Waals surface area contributed by atoms with E-state index in [1.54, 1.807) is 47.5 Å². The number of pyridine rings is 1. The smallest absolute Gasteiger partial charge is 0.0536 e. The first kappa shape index (κ1) is 29.6. The summed E-state index contributed by atoms with van der Waals surface area (Å²) in [7, 11) is 0. The molecule has 5 rings (SSSR count). The average Bonchev–Trinajstić information content (AvgIpc) is 3.37. The molecule has 42 heavy (non-hydrogen) atoms. The number of benzene rings is 2. The SMILES string of the molecule is CC1(F)CCN(C(=O)c2ccc(-c3cc(C(F)(F)F)c4oc(CNC(=O)/C=C/c5ccc([AsH2])nc5)cc4c3)cc2)CC1. The first-order valence-electron chi connectivity index (χ1n) is 13.3. The van der Waals surface area contributed by atoms with E-state index in [2.05, 4.69) is 10.3 Å². The number of hydrogen-bond acceptors (Lipinski definition) is 4. The molecule has 1 aliphatic heterocycles. The number of carbonyl (C=O) groups excluding carboxylic acids is 2. The minimum atomic E-state index is -4.69. The Morgan fingerprint density at radius 2 is 1.79 bits per heavy atom. The molecular formula is C31H28AsF4N3O3. The molecule has 3 heterocycles. The summed E-state index contributed by atoms with van der Waals surface area (Å²) in [6, 6.07) is 14.0. The zero-order valence-electron chi connectivity index (χ0n) is 22.7. The summed E-state index contributed by atoms with van der Waals surface area (Å²) in [4.78, 5) is 30.9. The van der Waals surface area contributed by atoms with Crippen molar-refractivity contribution in [3.05, 3.63) is 89.3 Å². The van der Waals surface area contributed by atoms with Crippen LogP contribution in [0.3, 0.4) is 0 Å². The Kier molecular flexibility index (Phi) is 8.28. The third-order valence-electron chi connectivity index (χ3n) is 7.20. The van der Waals surface area contributed by atoms with Gasteiger partial charge in [0.15, 0.2) is 0 Å². The van der Waals surface area contributed by atoms with E-state index in [1.807, 2.05) is 12.1 Å². The average molecular weight is 641 g/mol. The summed E-state index contributed by atoms with van der Waals surface area (Å²) in [5, 5.41) is 2.85. The molecular weight excluding hydrogens is 613 g/mol. The van der Waals surface area contributed by atoms with Gasteiger partial charge in [-0.3, -0.25) is 4.79 Å². The van der Waals surface area contributed by atoms with Gasteiger partial charge in [0.05, 0.1) is 5.56 Å². The van der Waals surface area contributed by atoms with E-state index in [4.69, 9.17) is 4.42 Å². The van der Waals surface area contributed by atoms with Gasteiger partial charge in [0.1, 0.15) is 5.67 Å². The molecule has 11 heteroatoms. The van der Waals surface area contributed by atoms with Gasteiger partial charge in [-0.1, -0.05) is 12.1 Å². The van der Waals surface area contributed by atoms with Gasteiger partial charge in [-0.25, -0.2) is 4.39 Å². The van der Waals surface area contributed by atoms with Crippen LogP contribution >= 0.6 is 0 Å². The van der Waals surface area contributed by atoms with Crippen molar-refractivity contribution in [1.82, 2.24) is 15.2 Å². The fraction of sp³-hybridized carbons (Fsp3) is 0.258. The van der Waals surface area contributed by atoms with Crippen LogP contribution in [0.25, 0.3) is 28.2 Å². The molecule has 6 nitrogen and oxygen atoms in total. The standard InChI is InChI=1S/C31H28AsF4N3O3/c1-30(33)10-12-39(13-11-30)29(41)21-6-4-20(5-7-21)22-14-23-15-24(42-28(23)25(16-22)31(34,35)36)18-38-27(40)9-3-19-2-8-26(32)37-17-19/h2-9,14-17H,10-13,18,32H2,1H3,(H,38,40)/b9-3+. The number of carbonyl (C=O) groups is 2. The normalized spacial score (nSPS) is 15.3. The molecule has 218 valence electrons. The fourth-order valence-electron chi connectivity index (χ4n) is 4.76. The Labute approximate surface area is 248 Å². The van der Waals surface area contributed by atoms with Crippen molar-refractivity contribution in [1.29, 1.82) is 0 Å². The third-order valence-corrected chi connectivity index (χ3v) is 7.92. The van der Waals surface area contributed by atoms with E-state index in [9.17, 15) is 27.2 Å². The predicted octanol–water partition coefficient (Wildman–Crippen LogP) is 5.07. The molecule has 0 radical (unpaired) electrons. The van der Waals surface area contributed by atoms with Gasteiger partial charge >= 0.3 is 118 Å². The van der Waals surface area contributed by atoms with Crippen LogP contribution in [0.15, 0.2) is 71.3 Å². The zero-order valence-corrected chi connectivity index (χ0v) is 25.1. The molecule has 0 saturated carbocycles. The topological polar surface area (TPSA) is 75.4 Å². The van der Waals surface area contributed by atoms with Gasteiger partial charge in [-0.2, -0.15) is 13.2 Å². The number of alkyl halides is 4. The molecule has 1 aliphatic rings. The van der Waals surface area contributed by atoms with Crippen molar-refractivity contribution in [3.8, 4) is 11.1 Å². The molecule has 0 bridgehead atoms. The second-order valence-electron chi connectivity index (χ2n) is 10.5. The minimum absolute atomic E-state index is 0.103. The summed E-state index contributed by atoms with van der Waals surface area (Å²) in [6.07, 6.45) is 0.376. The van der Waals surface area contributed by atoms with Crippen LogP contribution in [0.5, 0.6) is 0 Å². The monoisotopic (exact) mass is 641 g/mol. The van der Waals surface area contributed by atoms with Crippen LogP contribution in [-0.2, 0) is 17.5 Å². The number of furan rings is 1. The summed E-state index contributed by atoms with van der Waals surface area (Å²) in [5.41, 5.74) is -0.642. The Bertz CT molecular complexity index is 1640. The van der Waals surface area contributed by atoms with Crippen LogP contribution in [0.4, 0.5) is 17.6 Å². The first-order valence-corrected chi connectivity index (χ1v) is 14.5. The van der Waals surface area contributed by atoms with E-state index in [0.29, 0.717) is 29.8 Å². The predicted molar refractivity (Wildman–Crippen MR) is 155 cm³/mol. The Morgan fingerprint density at radius 3 is 2.43 bits per heavy atom. The number of fused-ring (bicyclic) bond motifs is 1. The van der Waals surface area contributed by atoms with Crippen molar-refractivity contribution in [2.45, 2.75) is 38.2 Å². The molecule has 0 spiro atoms. The van der Waals surface area contributed by atoms with Crippen molar-refractivity contribution in [3.63, 3.8) is 0 Å². The Morgan fingerprint density at radius 1 is 1.07 bits per heavy atom. The number of rotatable bonds is 6. The zero-order chi connectivity index (χ0) is 30.1. The van der Waals surface area contributed by atoms with E-state index in [-0.39, 0.29) is 42.0 Å². The molecule has 1 fully saturated rings. The number of halogens is 4. The van der Waals surface area contributed by atoms with Crippen molar-refractivity contribution >= 4 is 50.2 Å². The second-order valence-corrected chi connectivity index (χ2v) is 11.7. The number of hydrogen-bond donors (Lipinski definition) is 1. The summed E-state index contributed by atoms with van der Waals surface area (Å²) in [5.74, 6) is -0.508. The van der Waals surface area contributed by atoms with Crippen LogP contribution in [-0.4, -0.2) is 57.3 Å². The molecule has 2 amide bonds. The molecule has 1 saturated heterocycles. The molecule has 0 aliphatic carbocycles. The quantitative estimate of drug-likeness (QED) is 0.182. The van der Waals surface area contributed by atoms with Gasteiger partial charge in [0.2, 0.25) is 0 Å². The van der Waals surface area contributed by atoms with Crippen LogP contribution in [0.1, 0.15) is 47.0 Å². The molecule has 4 aromatic rings. The number of nitrogens with one attached hydrogen (secondary N) is 1. The number of piperidine rings is 1. The van der Waals surface area contributed by atoms with Crippen molar-refractivity contribution < 1.29 is 31.6 Å². The van der Waals surface area contributed by atoms with Gasteiger partial charge in [-0.05, 0) is 55.2 Å². The molecule has 1 unspecified atom stereocenters. The first-order chi connectivity index (χ1) is 19.9. The van der Waals surface area contributed by atoms with Gasteiger partial charge < -0.3 is 4.90 Å². The molecule has 2 aromatic carbocycles. The van der Waals surface area contributed by atoms with Crippen molar-refractivity contribution in [2.75, 3.05) is 13.1 Å². The number of amides is 2. The Balaban J connectivity index is 1.33. The third kappa shape index (κ3) is 6.93. The molecule has 1 N–H and O–H groups in total. The van der Waals surface area contributed by atoms with E-state index in [0.717, 1.165) is 16.1 Å². The molecule has 2 aromatic heterocycles. The summed E-state index contributed by atoms with van der Waals surface area (Å²) in [6.45, 7) is 2.04. The number of likely N-dealkylation sites (tertiary alicyclic amines) is 1. The maximum absolute atomic E-state index is 14.1. The Hall–Kier alpha value is -3.91. The maximum atomic E-state index is 14.1. The number of aromatic nitrogens is 1. The van der Waals surface area contributed by atoms with Gasteiger partial charge in [-0.15, -0.1) is 0 Å². The minimum Gasteiger partial charge on any atom is -0.0536 e. The van der Waals surface area contributed by atoms with Gasteiger partial charge in [0.25, 0.3) is 5.91 Å². The van der Waals surface area contributed by atoms with E-state index >= 15 is 0 Å². The van der Waals surface area contributed by atoms with Crippen LogP contribution in [0, 0.1) is 0 Å². The summed E-state index contributed by atoms with van der Waals surface area (Å²) < 4.78 is 62.7.